The number of rotatable bonds is 6. The van der Waals surface area contributed by atoms with E-state index in [2.05, 4.69) is 37.5 Å². The van der Waals surface area contributed by atoms with Gasteiger partial charge in [0.15, 0.2) is 0 Å². The van der Waals surface area contributed by atoms with E-state index in [1.165, 1.54) is 25.9 Å². The third kappa shape index (κ3) is 4.70. The second-order valence-corrected chi connectivity index (χ2v) is 5.83. The molecule has 118 valence electrons. The van der Waals surface area contributed by atoms with Crippen molar-refractivity contribution < 1.29 is 0 Å². The van der Waals surface area contributed by atoms with Crippen LogP contribution in [0.1, 0.15) is 19.8 Å². The number of piperidine rings is 1. The second-order valence-electron chi connectivity index (χ2n) is 5.83. The standard InChI is InChI=1S/C14H27N7/c1-5-15-12-17-13(19-14(18-12)20(2)3)16-10-11-6-8-21(4)9-7-11/h11H,5-10H2,1-4H3,(H2,15,16,17,18,19). The number of nitrogens with zero attached hydrogens (tertiary/aromatic N) is 5. The highest BCUT2D eigenvalue weighted by atomic mass is 15.3. The average molecular weight is 293 g/mol. The molecule has 1 fully saturated rings. The van der Waals surface area contributed by atoms with Crippen LogP contribution in [0.15, 0.2) is 0 Å². The molecule has 2 N–H and O–H groups in total. The Bertz CT molecular complexity index is 441. The van der Waals surface area contributed by atoms with Gasteiger partial charge in [0.2, 0.25) is 17.8 Å². The summed E-state index contributed by atoms with van der Waals surface area (Å²) >= 11 is 0. The fourth-order valence-electron chi connectivity index (χ4n) is 2.38. The summed E-state index contributed by atoms with van der Waals surface area (Å²) in [6, 6.07) is 0. The van der Waals surface area contributed by atoms with Crippen LogP contribution in [-0.2, 0) is 0 Å². The lowest BCUT2D eigenvalue weighted by molar-refractivity contribution is 0.226. The Morgan fingerprint density at radius 2 is 1.71 bits per heavy atom. The van der Waals surface area contributed by atoms with Crippen molar-refractivity contribution in [1.29, 1.82) is 0 Å². The highest BCUT2D eigenvalue weighted by Crippen LogP contribution is 2.17. The van der Waals surface area contributed by atoms with Crippen molar-refractivity contribution in [2.75, 3.05) is 62.9 Å². The summed E-state index contributed by atoms with van der Waals surface area (Å²) in [6.07, 6.45) is 2.46. The van der Waals surface area contributed by atoms with Gasteiger partial charge in [0.1, 0.15) is 0 Å². The first-order valence-electron chi connectivity index (χ1n) is 7.68. The molecule has 0 unspecified atom stereocenters. The first-order valence-corrected chi connectivity index (χ1v) is 7.68. The Balaban J connectivity index is 1.98. The number of aromatic nitrogens is 3. The summed E-state index contributed by atoms with van der Waals surface area (Å²) in [4.78, 5) is 17.5. The third-order valence-corrected chi connectivity index (χ3v) is 3.75. The van der Waals surface area contributed by atoms with Gasteiger partial charge in [0.05, 0.1) is 0 Å². The molecule has 1 aromatic heterocycles. The molecule has 0 aliphatic carbocycles. The topological polar surface area (TPSA) is 69.2 Å². The molecular formula is C14H27N7. The first kappa shape index (κ1) is 15.8. The minimum absolute atomic E-state index is 0.627. The Morgan fingerprint density at radius 1 is 1.10 bits per heavy atom. The lowest BCUT2D eigenvalue weighted by Crippen LogP contribution is -2.33. The van der Waals surface area contributed by atoms with Crippen LogP contribution in [0.4, 0.5) is 17.8 Å². The predicted octanol–water partition coefficient (Wildman–Crippen LogP) is 1.12. The van der Waals surface area contributed by atoms with Crippen LogP contribution < -0.4 is 15.5 Å². The summed E-state index contributed by atoms with van der Waals surface area (Å²) in [5.41, 5.74) is 0. The van der Waals surface area contributed by atoms with Crippen LogP contribution in [0.5, 0.6) is 0 Å². The zero-order chi connectivity index (χ0) is 15.2. The van der Waals surface area contributed by atoms with Crippen LogP contribution in [0.2, 0.25) is 0 Å². The highest BCUT2D eigenvalue weighted by molar-refractivity contribution is 5.42. The molecule has 1 aliphatic rings. The van der Waals surface area contributed by atoms with Gasteiger partial charge in [-0.1, -0.05) is 0 Å². The molecule has 2 rings (SSSR count). The molecule has 21 heavy (non-hydrogen) atoms. The fraction of sp³-hybridized carbons (Fsp3) is 0.786. The summed E-state index contributed by atoms with van der Waals surface area (Å²) in [5.74, 6) is 2.65. The van der Waals surface area contributed by atoms with E-state index in [-0.39, 0.29) is 0 Å². The minimum Gasteiger partial charge on any atom is -0.354 e. The van der Waals surface area contributed by atoms with Gasteiger partial charge in [-0.25, -0.2) is 0 Å². The zero-order valence-electron chi connectivity index (χ0n) is 13.6. The van der Waals surface area contributed by atoms with E-state index >= 15 is 0 Å². The molecule has 0 aromatic carbocycles. The summed E-state index contributed by atoms with van der Waals surface area (Å²) < 4.78 is 0. The monoisotopic (exact) mass is 293 g/mol. The molecule has 7 nitrogen and oxygen atoms in total. The van der Waals surface area contributed by atoms with E-state index in [0.29, 0.717) is 23.8 Å². The van der Waals surface area contributed by atoms with Crippen molar-refractivity contribution in [2.24, 2.45) is 5.92 Å². The lowest BCUT2D eigenvalue weighted by Gasteiger charge is -2.29. The van der Waals surface area contributed by atoms with Crippen molar-refractivity contribution in [2.45, 2.75) is 19.8 Å². The van der Waals surface area contributed by atoms with Crippen LogP contribution >= 0.6 is 0 Å². The molecule has 0 saturated carbocycles. The predicted molar refractivity (Wildman–Crippen MR) is 87.0 cm³/mol. The maximum Gasteiger partial charge on any atom is 0.231 e. The van der Waals surface area contributed by atoms with E-state index in [1.807, 2.05) is 25.9 Å². The molecule has 0 atom stereocenters. The van der Waals surface area contributed by atoms with Gasteiger partial charge in [0.25, 0.3) is 0 Å². The minimum atomic E-state index is 0.627. The van der Waals surface area contributed by atoms with Gasteiger partial charge in [-0.05, 0) is 45.8 Å². The summed E-state index contributed by atoms with van der Waals surface area (Å²) in [7, 11) is 6.05. The molecule has 1 aromatic rings. The molecule has 1 saturated heterocycles. The van der Waals surface area contributed by atoms with Gasteiger partial charge in [-0.3, -0.25) is 0 Å². The van der Waals surface area contributed by atoms with Crippen molar-refractivity contribution in [3.05, 3.63) is 0 Å². The Hall–Kier alpha value is -1.63. The van der Waals surface area contributed by atoms with Crippen LogP contribution in [-0.4, -0.2) is 67.2 Å². The SMILES string of the molecule is CCNc1nc(NCC2CCN(C)CC2)nc(N(C)C)n1. The molecule has 1 aliphatic heterocycles. The highest BCUT2D eigenvalue weighted by Gasteiger charge is 2.17. The Kier molecular flexibility index (Phi) is 5.55. The zero-order valence-corrected chi connectivity index (χ0v) is 13.6. The van der Waals surface area contributed by atoms with E-state index in [9.17, 15) is 0 Å². The smallest absolute Gasteiger partial charge is 0.231 e. The fourth-order valence-corrected chi connectivity index (χ4v) is 2.38. The van der Waals surface area contributed by atoms with Crippen LogP contribution in [0.25, 0.3) is 0 Å². The largest absolute Gasteiger partial charge is 0.354 e. The van der Waals surface area contributed by atoms with Gasteiger partial charge in [-0.2, -0.15) is 15.0 Å². The first-order chi connectivity index (χ1) is 10.1. The quantitative estimate of drug-likeness (QED) is 0.814. The maximum absolute atomic E-state index is 4.46. The van der Waals surface area contributed by atoms with Gasteiger partial charge < -0.3 is 20.4 Å². The average Bonchev–Trinajstić information content (AvgIpc) is 2.47. The molecule has 7 heteroatoms. The van der Waals surface area contributed by atoms with E-state index in [4.69, 9.17) is 0 Å². The number of likely N-dealkylation sites (tertiary alicyclic amines) is 1. The second kappa shape index (κ2) is 7.40. The van der Waals surface area contributed by atoms with Gasteiger partial charge in [-0.15, -0.1) is 0 Å². The summed E-state index contributed by atoms with van der Waals surface area (Å²) in [5, 5.41) is 6.53. The van der Waals surface area contributed by atoms with E-state index in [0.717, 1.165) is 13.1 Å². The van der Waals surface area contributed by atoms with Gasteiger partial charge >= 0.3 is 0 Å². The molecular weight excluding hydrogens is 266 g/mol. The molecule has 0 amide bonds. The molecule has 2 heterocycles. The lowest BCUT2D eigenvalue weighted by atomic mass is 9.97. The third-order valence-electron chi connectivity index (χ3n) is 3.75. The molecule has 0 bridgehead atoms. The molecule has 0 spiro atoms. The number of nitrogens with one attached hydrogen (secondary N) is 2. The number of hydrogen-bond acceptors (Lipinski definition) is 7. The van der Waals surface area contributed by atoms with E-state index in [1.54, 1.807) is 0 Å². The van der Waals surface area contributed by atoms with Crippen LogP contribution in [0, 0.1) is 5.92 Å². The number of hydrogen-bond donors (Lipinski definition) is 2. The van der Waals surface area contributed by atoms with Crippen LogP contribution in [0.3, 0.4) is 0 Å². The normalized spacial score (nSPS) is 16.8. The van der Waals surface area contributed by atoms with Crippen molar-refractivity contribution in [1.82, 2.24) is 19.9 Å². The molecule has 0 radical (unpaired) electrons. The maximum atomic E-state index is 4.46. The Morgan fingerprint density at radius 3 is 2.29 bits per heavy atom. The van der Waals surface area contributed by atoms with Gasteiger partial charge in [0, 0.05) is 27.2 Å². The van der Waals surface area contributed by atoms with Crippen molar-refractivity contribution >= 4 is 17.8 Å². The number of anilines is 3. The van der Waals surface area contributed by atoms with E-state index < -0.39 is 0 Å². The van der Waals surface area contributed by atoms with Crippen molar-refractivity contribution in [3.8, 4) is 0 Å². The van der Waals surface area contributed by atoms with Crippen molar-refractivity contribution in [3.63, 3.8) is 0 Å². The Labute approximate surface area is 127 Å². The summed E-state index contributed by atoms with van der Waals surface area (Å²) in [6.45, 7) is 6.11.